The fourth-order valence-corrected chi connectivity index (χ4v) is 4.62. The van der Waals surface area contributed by atoms with Crippen molar-refractivity contribution in [3.63, 3.8) is 0 Å². The van der Waals surface area contributed by atoms with Crippen LogP contribution in [0, 0.1) is 13.8 Å². The van der Waals surface area contributed by atoms with E-state index >= 15 is 0 Å². The van der Waals surface area contributed by atoms with Crippen LogP contribution in [0.4, 0.5) is 0 Å². The topological polar surface area (TPSA) is 55.2 Å². The zero-order valence-corrected chi connectivity index (χ0v) is 18.4. The summed E-state index contributed by atoms with van der Waals surface area (Å²) in [6.07, 6.45) is 4.57. The van der Waals surface area contributed by atoms with Crippen LogP contribution in [0.15, 0.2) is 54.9 Å². The zero-order valence-electron chi connectivity index (χ0n) is 17.6. The Morgan fingerprint density at radius 1 is 1.10 bits per heavy atom. The Bertz CT molecular complexity index is 1010. The van der Waals surface area contributed by atoms with E-state index in [9.17, 15) is 0 Å². The van der Waals surface area contributed by atoms with Gasteiger partial charge in [-0.05, 0) is 68.4 Å². The minimum atomic E-state index is -0.0149. The molecule has 156 valence electrons. The van der Waals surface area contributed by atoms with Gasteiger partial charge in [-0.15, -0.1) is 0 Å². The predicted octanol–water partition coefficient (Wildman–Crippen LogP) is 3.89. The van der Waals surface area contributed by atoms with E-state index in [1.807, 2.05) is 42.7 Å². The summed E-state index contributed by atoms with van der Waals surface area (Å²) in [6.45, 7) is 5.80. The SMILES string of the molecule is COCCCN1C(=S)N[C@@H](c2ccccn2)[C@@H]1c1cc(C)n(-c2ccccn2)c1C. The second-order valence-electron chi connectivity index (χ2n) is 7.52. The summed E-state index contributed by atoms with van der Waals surface area (Å²) in [4.78, 5) is 11.5. The average molecular weight is 422 g/mol. The van der Waals surface area contributed by atoms with Gasteiger partial charge in [0, 0.05) is 44.0 Å². The summed E-state index contributed by atoms with van der Waals surface area (Å²) >= 11 is 5.75. The van der Waals surface area contributed by atoms with Crippen LogP contribution in [0.25, 0.3) is 5.82 Å². The molecule has 4 heterocycles. The highest BCUT2D eigenvalue weighted by atomic mass is 32.1. The maximum absolute atomic E-state index is 5.75. The highest BCUT2D eigenvalue weighted by Gasteiger charge is 2.41. The van der Waals surface area contributed by atoms with Crippen molar-refractivity contribution in [2.45, 2.75) is 32.4 Å². The molecule has 1 aliphatic heterocycles. The lowest BCUT2D eigenvalue weighted by atomic mass is 9.96. The monoisotopic (exact) mass is 421 g/mol. The maximum atomic E-state index is 5.75. The first-order valence-electron chi connectivity index (χ1n) is 10.2. The van der Waals surface area contributed by atoms with Crippen LogP contribution >= 0.6 is 12.2 Å². The lowest BCUT2D eigenvalue weighted by molar-refractivity contribution is 0.180. The minimum Gasteiger partial charge on any atom is -0.385 e. The smallest absolute Gasteiger partial charge is 0.170 e. The van der Waals surface area contributed by atoms with Gasteiger partial charge in [0.05, 0.1) is 17.8 Å². The summed E-state index contributed by atoms with van der Waals surface area (Å²) in [5, 5.41) is 4.28. The summed E-state index contributed by atoms with van der Waals surface area (Å²) in [7, 11) is 1.73. The Morgan fingerprint density at radius 2 is 1.87 bits per heavy atom. The number of nitrogens with one attached hydrogen (secondary N) is 1. The van der Waals surface area contributed by atoms with Gasteiger partial charge in [-0.25, -0.2) is 4.98 Å². The van der Waals surface area contributed by atoms with Gasteiger partial charge in [0.25, 0.3) is 0 Å². The maximum Gasteiger partial charge on any atom is 0.170 e. The molecule has 0 bridgehead atoms. The minimum absolute atomic E-state index is 0.0149. The van der Waals surface area contributed by atoms with Crippen LogP contribution in [-0.2, 0) is 4.74 Å². The van der Waals surface area contributed by atoms with Crippen molar-refractivity contribution in [3.8, 4) is 5.82 Å². The molecule has 2 atom stereocenters. The van der Waals surface area contributed by atoms with Crippen LogP contribution in [0.1, 0.15) is 41.1 Å². The van der Waals surface area contributed by atoms with Crippen molar-refractivity contribution < 1.29 is 4.74 Å². The van der Waals surface area contributed by atoms with Gasteiger partial charge < -0.3 is 19.5 Å². The molecule has 4 rings (SSSR count). The van der Waals surface area contributed by atoms with E-state index in [0.717, 1.165) is 35.3 Å². The third kappa shape index (κ3) is 3.82. The molecule has 1 saturated heterocycles. The van der Waals surface area contributed by atoms with Crippen LogP contribution in [0.5, 0.6) is 0 Å². The number of pyridine rings is 2. The molecule has 0 radical (unpaired) electrons. The molecule has 1 fully saturated rings. The van der Waals surface area contributed by atoms with Gasteiger partial charge in [-0.3, -0.25) is 4.98 Å². The second kappa shape index (κ2) is 8.93. The number of hydrogen-bond acceptors (Lipinski definition) is 4. The van der Waals surface area contributed by atoms with Crippen LogP contribution in [-0.4, -0.2) is 44.8 Å². The van der Waals surface area contributed by atoms with Crippen LogP contribution < -0.4 is 5.32 Å². The van der Waals surface area contributed by atoms with Crippen molar-refractivity contribution in [2.24, 2.45) is 0 Å². The second-order valence-corrected chi connectivity index (χ2v) is 7.90. The average Bonchev–Trinajstić information content (AvgIpc) is 3.25. The van der Waals surface area contributed by atoms with E-state index in [1.165, 1.54) is 11.3 Å². The predicted molar refractivity (Wildman–Crippen MR) is 122 cm³/mol. The summed E-state index contributed by atoms with van der Waals surface area (Å²) < 4.78 is 7.49. The van der Waals surface area contributed by atoms with E-state index in [2.05, 4.69) is 50.7 Å². The van der Waals surface area contributed by atoms with E-state index in [1.54, 1.807) is 7.11 Å². The van der Waals surface area contributed by atoms with E-state index in [0.29, 0.717) is 6.61 Å². The van der Waals surface area contributed by atoms with Crippen molar-refractivity contribution in [1.82, 2.24) is 24.8 Å². The first-order chi connectivity index (χ1) is 14.6. The zero-order chi connectivity index (χ0) is 21.1. The van der Waals surface area contributed by atoms with E-state index < -0.39 is 0 Å². The van der Waals surface area contributed by atoms with Crippen molar-refractivity contribution in [1.29, 1.82) is 0 Å². The lowest BCUT2D eigenvalue weighted by Crippen LogP contribution is -2.31. The Hall–Kier alpha value is -2.77. The van der Waals surface area contributed by atoms with Gasteiger partial charge in [0.2, 0.25) is 0 Å². The molecular weight excluding hydrogens is 394 g/mol. The van der Waals surface area contributed by atoms with Gasteiger partial charge in [0.1, 0.15) is 5.82 Å². The molecule has 0 saturated carbocycles. The number of aryl methyl sites for hydroxylation is 1. The van der Waals surface area contributed by atoms with Crippen molar-refractivity contribution in [3.05, 3.63) is 77.5 Å². The van der Waals surface area contributed by atoms with Crippen molar-refractivity contribution >= 4 is 17.3 Å². The Labute approximate surface area is 182 Å². The highest BCUT2D eigenvalue weighted by Crippen LogP contribution is 2.41. The molecule has 0 aromatic carbocycles. The Balaban J connectivity index is 1.78. The number of hydrogen-bond donors (Lipinski definition) is 1. The largest absolute Gasteiger partial charge is 0.385 e. The molecule has 0 aliphatic carbocycles. The molecule has 1 aliphatic rings. The van der Waals surface area contributed by atoms with Gasteiger partial charge in [-0.2, -0.15) is 0 Å². The molecule has 3 aromatic heterocycles. The summed E-state index contributed by atoms with van der Waals surface area (Å²) in [5.74, 6) is 0.924. The molecule has 1 N–H and O–H groups in total. The number of rotatable bonds is 7. The normalized spacial score (nSPS) is 18.6. The number of nitrogens with zero attached hydrogens (tertiary/aromatic N) is 4. The quantitative estimate of drug-likeness (QED) is 0.461. The molecule has 3 aromatic rings. The molecule has 6 nitrogen and oxygen atoms in total. The first-order valence-corrected chi connectivity index (χ1v) is 10.6. The van der Waals surface area contributed by atoms with Gasteiger partial charge >= 0.3 is 0 Å². The Kier molecular flexibility index (Phi) is 6.11. The van der Waals surface area contributed by atoms with Crippen LogP contribution in [0.2, 0.25) is 0 Å². The first kappa shape index (κ1) is 20.5. The number of methoxy groups -OCH3 is 1. The number of ether oxygens (including phenoxy) is 1. The molecule has 0 unspecified atom stereocenters. The van der Waals surface area contributed by atoms with E-state index in [-0.39, 0.29) is 12.1 Å². The summed E-state index contributed by atoms with van der Waals surface area (Å²) in [5.41, 5.74) is 4.54. The molecule has 0 spiro atoms. The standard InChI is InChI=1S/C23H27N5OS/c1-16-15-18(17(2)28(16)20-10-5-7-12-25-20)22-21(19-9-4-6-11-24-19)26-23(30)27(22)13-8-14-29-3/h4-7,9-12,15,21-22H,8,13-14H2,1-3H3,(H,26,30)/t21-,22-/m0/s1. The van der Waals surface area contributed by atoms with Crippen LogP contribution in [0.3, 0.4) is 0 Å². The van der Waals surface area contributed by atoms with Gasteiger partial charge in [-0.1, -0.05) is 12.1 Å². The van der Waals surface area contributed by atoms with E-state index in [4.69, 9.17) is 17.0 Å². The third-order valence-electron chi connectivity index (χ3n) is 5.61. The summed E-state index contributed by atoms with van der Waals surface area (Å²) in [6, 6.07) is 14.3. The fourth-order valence-electron chi connectivity index (χ4n) is 4.29. The molecule has 0 amide bonds. The molecule has 30 heavy (non-hydrogen) atoms. The third-order valence-corrected chi connectivity index (χ3v) is 5.96. The molecular formula is C23H27N5OS. The van der Waals surface area contributed by atoms with Crippen molar-refractivity contribution in [2.75, 3.05) is 20.3 Å². The molecule has 7 heteroatoms. The number of aromatic nitrogens is 3. The van der Waals surface area contributed by atoms with Gasteiger partial charge in [0.15, 0.2) is 5.11 Å². The number of thiocarbonyl (C=S) groups is 1. The highest BCUT2D eigenvalue weighted by molar-refractivity contribution is 7.80. The Morgan fingerprint density at radius 3 is 2.53 bits per heavy atom. The fraction of sp³-hybridized carbons (Fsp3) is 0.348. The lowest BCUT2D eigenvalue weighted by Gasteiger charge is -2.28.